The first-order chi connectivity index (χ1) is 7.67. The summed E-state index contributed by atoms with van der Waals surface area (Å²) in [6, 6.07) is 7.03. The fraction of sp³-hybridized carbons (Fsp3) is 0.167. The second-order valence-electron chi connectivity index (χ2n) is 3.20. The zero-order chi connectivity index (χ0) is 12.0. The molecule has 2 amide bonds. The minimum atomic E-state index is -0.213. The topological polar surface area (TPSA) is 58.2 Å². The Morgan fingerprint density at radius 1 is 1.31 bits per heavy atom. The van der Waals surface area contributed by atoms with E-state index >= 15 is 0 Å². The van der Waals surface area contributed by atoms with Gasteiger partial charge in [0.05, 0.1) is 0 Å². The van der Waals surface area contributed by atoms with Crippen molar-refractivity contribution in [1.29, 1.82) is 0 Å². The quantitative estimate of drug-likeness (QED) is 0.736. The van der Waals surface area contributed by atoms with Crippen LogP contribution in [0.5, 0.6) is 0 Å². The first kappa shape index (κ1) is 12.0. The van der Waals surface area contributed by atoms with Crippen LogP contribution < -0.4 is 10.6 Å². The summed E-state index contributed by atoms with van der Waals surface area (Å²) in [4.78, 5) is 22.2. The van der Waals surface area contributed by atoms with Gasteiger partial charge >= 0.3 is 0 Å². The van der Waals surface area contributed by atoms with Crippen LogP contribution in [0.1, 0.15) is 15.9 Å². The van der Waals surface area contributed by atoms with Crippen LogP contribution in [0.3, 0.4) is 0 Å². The molecule has 0 aliphatic rings. The molecule has 0 saturated heterocycles. The van der Waals surface area contributed by atoms with Crippen LogP contribution in [0.2, 0.25) is 0 Å². The van der Waals surface area contributed by atoms with Gasteiger partial charge in [-0.2, -0.15) is 0 Å². The molecule has 4 nitrogen and oxygen atoms in total. The van der Waals surface area contributed by atoms with E-state index in [-0.39, 0.29) is 11.8 Å². The molecule has 0 aliphatic carbocycles. The summed E-state index contributed by atoms with van der Waals surface area (Å²) < 4.78 is 0. The standard InChI is InChI=1S/C12H14N2O2/c1-3-11(15)14-8-9-4-6-10(7-5-9)12(16)13-2/h3-7H,1,8H2,2H3,(H,13,16)(H,14,15). The fourth-order valence-electron chi connectivity index (χ4n) is 1.18. The van der Waals surface area contributed by atoms with Crippen molar-refractivity contribution >= 4 is 11.8 Å². The van der Waals surface area contributed by atoms with Gasteiger partial charge in [0.15, 0.2) is 0 Å². The van der Waals surface area contributed by atoms with E-state index in [1.54, 1.807) is 31.3 Å². The first-order valence-electron chi connectivity index (χ1n) is 4.88. The molecule has 0 fully saturated rings. The molecule has 0 saturated carbocycles. The smallest absolute Gasteiger partial charge is 0.251 e. The Morgan fingerprint density at radius 3 is 2.44 bits per heavy atom. The van der Waals surface area contributed by atoms with Gasteiger partial charge < -0.3 is 10.6 Å². The number of carbonyl (C=O) groups is 2. The van der Waals surface area contributed by atoms with Gasteiger partial charge in [-0.1, -0.05) is 18.7 Å². The van der Waals surface area contributed by atoms with Crippen LogP contribution in [0.15, 0.2) is 36.9 Å². The summed E-state index contributed by atoms with van der Waals surface area (Å²) in [5.74, 6) is -0.336. The monoisotopic (exact) mass is 218 g/mol. The molecular weight excluding hydrogens is 204 g/mol. The lowest BCUT2D eigenvalue weighted by molar-refractivity contribution is -0.116. The lowest BCUT2D eigenvalue weighted by atomic mass is 10.1. The van der Waals surface area contributed by atoms with E-state index in [9.17, 15) is 9.59 Å². The molecule has 1 aromatic carbocycles. The second kappa shape index (κ2) is 5.70. The van der Waals surface area contributed by atoms with E-state index in [4.69, 9.17) is 0 Å². The molecule has 2 N–H and O–H groups in total. The first-order valence-corrected chi connectivity index (χ1v) is 4.88. The van der Waals surface area contributed by atoms with Crippen molar-refractivity contribution < 1.29 is 9.59 Å². The summed E-state index contributed by atoms with van der Waals surface area (Å²) in [6.45, 7) is 3.79. The molecule has 0 heterocycles. The number of nitrogens with one attached hydrogen (secondary N) is 2. The largest absolute Gasteiger partial charge is 0.355 e. The molecular formula is C12H14N2O2. The predicted octanol–water partition coefficient (Wildman–Crippen LogP) is 0.848. The van der Waals surface area contributed by atoms with Crippen molar-refractivity contribution in [3.63, 3.8) is 0 Å². The van der Waals surface area contributed by atoms with Crippen molar-refractivity contribution in [1.82, 2.24) is 10.6 Å². The van der Waals surface area contributed by atoms with Gasteiger partial charge in [0, 0.05) is 19.2 Å². The Bertz CT molecular complexity index is 396. The van der Waals surface area contributed by atoms with E-state index < -0.39 is 0 Å². The third-order valence-corrected chi connectivity index (χ3v) is 2.10. The van der Waals surface area contributed by atoms with Crippen molar-refractivity contribution in [3.8, 4) is 0 Å². The molecule has 0 aromatic heterocycles. The van der Waals surface area contributed by atoms with Gasteiger partial charge in [-0.3, -0.25) is 9.59 Å². The van der Waals surface area contributed by atoms with Crippen molar-refractivity contribution in [2.24, 2.45) is 0 Å². The maximum Gasteiger partial charge on any atom is 0.251 e. The summed E-state index contributed by atoms with van der Waals surface area (Å²) in [7, 11) is 1.58. The number of carbonyl (C=O) groups excluding carboxylic acids is 2. The predicted molar refractivity (Wildman–Crippen MR) is 61.9 cm³/mol. The fourth-order valence-corrected chi connectivity index (χ4v) is 1.18. The maximum atomic E-state index is 11.2. The molecule has 0 atom stereocenters. The Kier molecular flexibility index (Phi) is 4.27. The van der Waals surface area contributed by atoms with Crippen LogP contribution in [-0.4, -0.2) is 18.9 Å². The number of benzene rings is 1. The van der Waals surface area contributed by atoms with Gasteiger partial charge in [-0.15, -0.1) is 0 Å². The van der Waals surface area contributed by atoms with Crippen molar-refractivity contribution in [2.45, 2.75) is 6.54 Å². The number of rotatable bonds is 4. The van der Waals surface area contributed by atoms with E-state index in [1.165, 1.54) is 6.08 Å². The Hall–Kier alpha value is -2.10. The molecule has 0 unspecified atom stereocenters. The third kappa shape index (κ3) is 3.24. The Morgan fingerprint density at radius 2 is 1.94 bits per heavy atom. The molecule has 1 aromatic rings. The van der Waals surface area contributed by atoms with Gasteiger partial charge in [0.2, 0.25) is 5.91 Å². The average molecular weight is 218 g/mol. The van der Waals surface area contributed by atoms with E-state index in [0.29, 0.717) is 12.1 Å². The minimum absolute atomic E-state index is 0.123. The minimum Gasteiger partial charge on any atom is -0.355 e. The van der Waals surface area contributed by atoms with Crippen molar-refractivity contribution in [3.05, 3.63) is 48.0 Å². The van der Waals surface area contributed by atoms with Gasteiger partial charge in [-0.05, 0) is 23.8 Å². The van der Waals surface area contributed by atoms with Crippen LogP contribution in [-0.2, 0) is 11.3 Å². The summed E-state index contributed by atoms with van der Waals surface area (Å²) in [5.41, 5.74) is 1.53. The highest BCUT2D eigenvalue weighted by atomic mass is 16.2. The van der Waals surface area contributed by atoms with E-state index in [1.807, 2.05) is 0 Å². The highest BCUT2D eigenvalue weighted by Gasteiger charge is 2.02. The Balaban J connectivity index is 2.61. The molecule has 1 rings (SSSR count). The summed E-state index contributed by atoms with van der Waals surface area (Å²) >= 11 is 0. The van der Waals surface area contributed by atoms with E-state index in [2.05, 4.69) is 17.2 Å². The molecule has 0 bridgehead atoms. The summed E-state index contributed by atoms with van der Waals surface area (Å²) in [6.07, 6.45) is 1.22. The Labute approximate surface area is 94.4 Å². The molecule has 0 aliphatic heterocycles. The molecule has 16 heavy (non-hydrogen) atoms. The SMILES string of the molecule is C=CC(=O)NCc1ccc(C(=O)NC)cc1. The molecule has 4 heteroatoms. The lowest BCUT2D eigenvalue weighted by Gasteiger charge is -2.04. The van der Waals surface area contributed by atoms with Crippen LogP contribution in [0, 0.1) is 0 Å². The molecule has 0 radical (unpaired) electrons. The van der Waals surface area contributed by atoms with Crippen LogP contribution in [0.25, 0.3) is 0 Å². The number of hydrogen-bond acceptors (Lipinski definition) is 2. The zero-order valence-electron chi connectivity index (χ0n) is 9.12. The zero-order valence-corrected chi connectivity index (χ0v) is 9.12. The van der Waals surface area contributed by atoms with Crippen LogP contribution >= 0.6 is 0 Å². The third-order valence-electron chi connectivity index (χ3n) is 2.10. The van der Waals surface area contributed by atoms with Crippen molar-refractivity contribution in [2.75, 3.05) is 7.05 Å². The summed E-state index contributed by atoms with van der Waals surface area (Å²) in [5, 5.41) is 5.19. The van der Waals surface area contributed by atoms with Gasteiger partial charge in [0.1, 0.15) is 0 Å². The van der Waals surface area contributed by atoms with Crippen LogP contribution in [0.4, 0.5) is 0 Å². The molecule has 0 spiro atoms. The highest BCUT2D eigenvalue weighted by molar-refractivity contribution is 5.94. The van der Waals surface area contributed by atoms with E-state index in [0.717, 1.165) is 5.56 Å². The number of hydrogen-bond donors (Lipinski definition) is 2. The lowest BCUT2D eigenvalue weighted by Crippen LogP contribution is -2.20. The molecule has 84 valence electrons. The second-order valence-corrected chi connectivity index (χ2v) is 3.20. The normalized spacial score (nSPS) is 9.31. The number of amides is 2. The maximum absolute atomic E-state index is 11.2. The van der Waals surface area contributed by atoms with Gasteiger partial charge in [-0.25, -0.2) is 0 Å². The highest BCUT2D eigenvalue weighted by Crippen LogP contribution is 2.04. The average Bonchev–Trinajstić information content (AvgIpc) is 2.35. The van der Waals surface area contributed by atoms with Gasteiger partial charge in [0.25, 0.3) is 5.91 Å².